The van der Waals surface area contributed by atoms with E-state index in [1.165, 1.54) is 0 Å². The van der Waals surface area contributed by atoms with Gasteiger partial charge in [-0.15, -0.1) is 0 Å². The van der Waals surface area contributed by atoms with Crippen molar-refractivity contribution in [2.45, 2.75) is 58.3 Å². The van der Waals surface area contributed by atoms with E-state index in [0.29, 0.717) is 29.2 Å². The first-order valence-corrected chi connectivity index (χ1v) is 12.0. The zero-order chi connectivity index (χ0) is 25.5. The number of hydrogen-bond donors (Lipinski definition) is 2. The van der Waals surface area contributed by atoms with Crippen molar-refractivity contribution < 1.29 is 10.2 Å². The van der Waals surface area contributed by atoms with Crippen molar-refractivity contribution in [3.8, 4) is 11.1 Å². The highest BCUT2D eigenvalue weighted by Gasteiger charge is 2.20. The van der Waals surface area contributed by atoms with Crippen LogP contribution in [0.25, 0.3) is 22.0 Å². The average molecular weight is 495 g/mol. The van der Waals surface area contributed by atoms with Gasteiger partial charge in [-0.3, -0.25) is 14.2 Å². The molecule has 0 aliphatic rings. The molecule has 35 heavy (non-hydrogen) atoms. The standard InChI is InChI=1S/C27H31ClN4O3/c1-26(2,34)11-10-17-6-9-22(28)19(12-17)16-32-23-13-18(7-8-21(23)24(33)31(32)5)20-14-29-25(30-15-20)27(3,4)35/h6-9,12-15,34-35H,10-11,16H2,1-5H3. The Labute approximate surface area is 209 Å². The van der Waals surface area contributed by atoms with Crippen molar-refractivity contribution in [2.24, 2.45) is 7.05 Å². The molecule has 0 aliphatic carbocycles. The van der Waals surface area contributed by atoms with Gasteiger partial charge in [0.1, 0.15) is 5.60 Å². The lowest BCUT2D eigenvalue weighted by Crippen LogP contribution is -2.20. The topological polar surface area (TPSA) is 93.2 Å². The van der Waals surface area contributed by atoms with Gasteiger partial charge in [0, 0.05) is 30.0 Å². The third kappa shape index (κ3) is 5.48. The summed E-state index contributed by atoms with van der Waals surface area (Å²) in [7, 11) is 1.75. The van der Waals surface area contributed by atoms with Gasteiger partial charge in [0.25, 0.3) is 5.56 Å². The largest absolute Gasteiger partial charge is 0.390 e. The highest BCUT2D eigenvalue weighted by atomic mass is 35.5. The van der Waals surface area contributed by atoms with E-state index in [1.54, 1.807) is 51.8 Å². The molecule has 8 heteroatoms. The maximum absolute atomic E-state index is 12.9. The van der Waals surface area contributed by atoms with Gasteiger partial charge in [-0.05, 0) is 75.4 Å². The average Bonchev–Trinajstić information content (AvgIpc) is 3.03. The third-order valence-corrected chi connectivity index (χ3v) is 6.52. The number of aliphatic hydroxyl groups is 2. The van der Waals surface area contributed by atoms with E-state index in [-0.39, 0.29) is 5.56 Å². The summed E-state index contributed by atoms with van der Waals surface area (Å²) in [4.78, 5) is 21.5. The molecule has 0 spiro atoms. The van der Waals surface area contributed by atoms with Crippen LogP contribution in [-0.2, 0) is 25.6 Å². The summed E-state index contributed by atoms with van der Waals surface area (Å²) < 4.78 is 3.51. The van der Waals surface area contributed by atoms with Crippen molar-refractivity contribution >= 4 is 22.5 Å². The lowest BCUT2D eigenvalue weighted by molar-refractivity contribution is 0.0686. The summed E-state index contributed by atoms with van der Waals surface area (Å²) >= 11 is 6.54. The summed E-state index contributed by atoms with van der Waals surface area (Å²) in [6.07, 6.45) is 4.71. The van der Waals surface area contributed by atoms with Crippen molar-refractivity contribution in [2.75, 3.05) is 0 Å². The van der Waals surface area contributed by atoms with Crippen LogP contribution < -0.4 is 5.56 Å². The van der Waals surface area contributed by atoms with Gasteiger partial charge in [-0.1, -0.05) is 29.8 Å². The van der Waals surface area contributed by atoms with E-state index >= 15 is 0 Å². The minimum atomic E-state index is -1.12. The number of rotatable bonds is 7. The van der Waals surface area contributed by atoms with E-state index < -0.39 is 11.2 Å². The molecule has 0 amide bonds. The fraction of sp³-hybridized carbons (Fsp3) is 0.370. The minimum Gasteiger partial charge on any atom is -0.390 e. The molecule has 0 bridgehead atoms. The fourth-order valence-electron chi connectivity index (χ4n) is 4.05. The van der Waals surface area contributed by atoms with E-state index in [1.807, 2.05) is 41.1 Å². The van der Waals surface area contributed by atoms with Crippen LogP contribution in [0.3, 0.4) is 0 Å². The second kappa shape index (κ2) is 9.22. The number of aromatic nitrogens is 4. The van der Waals surface area contributed by atoms with Gasteiger partial charge >= 0.3 is 0 Å². The van der Waals surface area contributed by atoms with Gasteiger partial charge in [0.05, 0.1) is 23.0 Å². The Bertz CT molecular complexity index is 1420. The molecule has 4 rings (SSSR count). The summed E-state index contributed by atoms with van der Waals surface area (Å²) in [6.45, 7) is 7.30. The Morgan fingerprint density at radius 1 is 0.971 bits per heavy atom. The first kappa shape index (κ1) is 25.1. The summed E-state index contributed by atoms with van der Waals surface area (Å²) in [5.74, 6) is 0.345. The predicted octanol–water partition coefficient (Wildman–Crippen LogP) is 4.43. The third-order valence-electron chi connectivity index (χ3n) is 6.15. The Kier molecular flexibility index (Phi) is 6.62. The van der Waals surface area contributed by atoms with Crippen molar-refractivity contribution in [3.63, 3.8) is 0 Å². The highest BCUT2D eigenvalue weighted by Crippen LogP contribution is 2.26. The van der Waals surface area contributed by atoms with Crippen molar-refractivity contribution in [3.05, 3.63) is 81.1 Å². The molecule has 0 radical (unpaired) electrons. The lowest BCUT2D eigenvalue weighted by atomic mass is 9.98. The second-order valence-electron chi connectivity index (χ2n) is 10.2. The number of fused-ring (bicyclic) bond motifs is 1. The first-order chi connectivity index (χ1) is 16.3. The quantitative estimate of drug-likeness (QED) is 0.396. The van der Waals surface area contributed by atoms with Crippen LogP contribution in [0, 0.1) is 0 Å². The molecule has 2 aromatic carbocycles. The van der Waals surface area contributed by atoms with Crippen LogP contribution in [0.4, 0.5) is 0 Å². The number of hydrogen-bond acceptors (Lipinski definition) is 5. The fourth-order valence-corrected chi connectivity index (χ4v) is 4.23. The van der Waals surface area contributed by atoms with E-state index in [0.717, 1.165) is 34.2 Å². The SMILES string of the molecule is Cn1c(=O)c2ccc(-c3cnc(C(C)(C)O)nc3)cc2n1Cc1cc(CCC(C)(C)O)ccc1Cl. The molecule has 2 N–H and O–H groups in total. The summed E-state index contributed by atoms with van der Waals surface area (Å²) in [5.41, 5.74) is 2.45. The highest BCUT2D eigenvalue weighted by molar-refractivity contribution is 6.31. The predicted molar refractivity (Wildman–Crippen MR) is 139 cm³/mol. The van der Waals surface area contributed by atoms with E-state index in [9.17, 15) is 15.0 Å². The molecule has 0 unspecified atom stereocenters. The minimum absolute atomic E-state index is 0.0884. The second-order valence-corrected chi connectivity index (χ2v) is 10.6. The van der Waals surface area contributed by atoms with Gasteiger partial charge in [0.2, 0.25) is 0 Å². The molecule has 4 aromatic rings. The maximum Gasteiger partial charge on any atom is 0.274 e. The zero-order valence-corrected chi connectivity index (χ0v) is 21.5. The molecule has 0 aliphatic heterocycles. The Hall–Kier alpha value is -3.00. The van der Waals surface area contributed by atoms with E-state index in [2.05, 4.69) is 9.97 Å². The number of nitrogens with zero attached hydrogens (tertiary/aromatic N) is 4. The van der Waals surface area contributed by atoms with Gasteiger partial charge in [-0.25, -0.2) is 9.97 Å². The van der Waals surface area contributed by atoms with Crippen LogP contribution >= 0.6 is 11.6 Å². The Morgan fingerprint density at radius 2 is 1.66 bits per heavy atom. The van der Waals surface area contributed by atoms with Gasteiger partial charge in [-0.2, -0.15) is 0 Å². The van der Waals surface area contributed by atoms with E-state index in [4.69, 9.17) is 11.6 Å². The zero-order valence-electron chi connectivity index (χ0n) is 20.7. The monoisotopic (exact) mass is 494 g/mol. The van der Waals surface area contributed by atoms with Crippen LogP contribution in [0.1, 0.15) is 51.1 Å². The first-order valence-electron chi connectivity index (χ1n) is 11.6. The van der Waals surface area contributed by atoms with Crippen LogP contribution in [-0.4, -0.2) is 35.1 Å². The molecule has 0 fully saturated rings. The van der Waals surface area contributed by atoms with Crippen molar-refractivity contribution in [1.29, 1.82) is 0 Å². The normalized spacial score (nSPS) is 12.5. The molecule has 7 nitrogen and oxygen atoms in total. The van der Waals surface area contributed by atoms with Crippen LogP contribution in [0.2, 0.25) is 5.02 Å². The summed E-state index contributed by atoms with van der Waals surface area (Å²) in [5, 5.41) is 21.4. The molecule has 0 saturated heterocycles. The lowest BCUT2D eigenvalue weighted by Gasteiger charge is -2.17. The molecular formula is C27H31ClN4O3. The molecule has 0 saturated carbocycles. The van der Waals surface area contributed by atoms with Crippen molar-refractivity contribution in [1.82, 2.24) is 19.3 Å². The van der Waals surface area contributed by atoms with Gasteiger partial charge < -0.3 is 10.2 Å². The molecule has 184 valence electrons. The Balaban J connectivity index is 1.72. The van der Waals surface area contributed by atoms with Crippen LogP contribution in [0.15, 0.2) is 53.6 Å². The number of halogens is 1. The smallest absolute Gasteiger partial charge is 0.274 e. The molecule has 0 atom stereocenters. The summed E-state index contributed by atoms with van der Waals surface area (Å²) in [6, 6.07) is 11.5. The Morgan fingerprint density at radius 3 is 2.29 bits per heavy atom. The maximum atomic E-state index is 12.9. The molecule has 2 heterocycles. The molecular weight excluding hydrogens is 464 g/mol. The molecule has 2 aromatic heterocycles. The van der Waals surface area contributed by atoms with Gasteiger partial charge in [0.15, 0.2) is 5.82 Å². The van der Waals surface area contributed by atoms with Crippen LogP contribution in [0.5, 0.6) is 0 Å². The number of aryl methyl sites for hydroxylation is 1. The number of benzene rings is 2.